The van der Waals surface area contributed by atoms with E-state index in [1.165, 1.54) is 6.07 Å². The molecule has 2 rings (SSSR count). The highest BCUT2D eigenvalue weighted by Gasteiger charge is 2.13. The van der Waals surface area contributed by atoms with Crippen LogP contribution in [0.2, 0.25) is 0 Å². The van der Waals surface area contributed by atoms with Crippen molar-refractivity contribution in [3.05, 3.63) is 65.5 Å². The zero-order chi connectivity index (χ0) is 18.9. The summed E-state index contributed by atoms with van der Waals surface area (Å²) >= 11 is 0. The monoisotopic (exact) mass is 361 g/mol. The van der Waals surface area contributed by atoms with Crippen molar-refractivity contribution in [2.24, 2.45) is 0 Å². The van der Waals surface area contributed by atoms with Crippen molar-refractivity contribution in [2.45, 2.75) is 26.0 Å². The van der Waals surface area contributed by atoms with Crippen molar-refractivity contribution in [1.29, 1.82) is 0 Å². The molecule has 2 aromatic rings. The highest BCUT2D eigenvalue weighted by molar-refractivity contribution is 5.89. The van der Waals surface area contributed by atoms with Gasteiger partial charge < -0.3 is 19.9 Å². The molecule has 0 aliphatic rings. The smallest absolute Gasteiger partial charge is 0.338 e. The van der Waals surface area contributed by atoms with E-state index in [2.05, 4.69) is 5.32 Å². The van der Waals surface area contributed by atoms with E-state index in [1.54, 1.807) is 49.4 Å². The van der Waals surface area contributed by atoms with Gasteiger partial charge in [-0.3, -0.25) is 0 Å². The van der Waals surface area contributed by atoms with Crippen LogP contribution in [0.25, 0.3) is 0 Å². The summed E-state index contributed by atoms with van der Waals surface area (Å²) in [6, 6.07) is 12.9. The molecule has 0 aliphatic heterocycles. The maximum absolute atomic E-state index is 13.7. The van der Waals surface area contributed by atoms with Gasteiger partial charge in [-0.25, -0.2) is 9.18 Å². The standard InChI is InChI=1S/C20H24FNO4/c1-3-25-20(24)15-7-6-8-17(11-15)26-13-16(23)12-22-14(2)18-9-4-5-10-19(18)21/h4-11,14,16,22-23H,3,12-13H2,1-2H3/t14-,16+/m1/s1. The second-order valence-electron chi connectivity index (χ2n) is 5.86. The Morgan fingerprint density at radius 1 is 1.23 bits per heavy atom. The highest BCUT2D eigenvalue weighted by Crippen LogP contribution is 2.16. The minimum absolute atomic E-state index is 0.0449. The van der Waals surface area contributed by atoms with Gasteiger partial charge in [-0.05, 0) is 38.1 Å². The molecular formula is C20H24FNO4. The van der Waals surface area contributed by atoms with Gasteiger partial charge in [0.25, 0.3) is 0 Å². The summed E-state index contributed by atoms with van der Waals surface area (Å²) in [5.41, 5.74) is 0.938. The molecule has 0 aliphatic carbocycles. The van der Waals surface area contributed by atoms with Crippen molar-refractivity contribution in [3.63, 3.8) is 0 Å². The fraction of sp³-hybridized carbons (Fsp3) is 0.350. The Kier molecular flexibility index (Phi) is 7.56. The summed E-state index contributed by atoms with van der Waals surface area (Å²) in [4.78, 5) is 11.7. The largest absolute Gasteiger partial charge is 0.491 e. The molecule has 26 heavy (non-hydrogen) atoms. The summed E-state index contributed by atoms with van der Waals surface area (Å²) in [5, 5.41) is 13.1. The number of aliphatic hydroxyl groups is 1. The molecular weight excluding hydrogens is 337 g/mol. The maximum atomic E-state index is 13.7. The van der Waals surface area contributed by atoms with E-state index in [1.807, 2.05) is 6.92 Å². The zero-order valence-electron chi connectivity index (χ0n) is 14.9. The predicted molar refractivity (Wildman–Crippen MR) is 96.7 cm³/mol. The Labute approximate surface area is 152 Å². The Bertz CT molecular complexity index is 722. The molecule has 0 spiro atoms. The van der Waals surface area contributed by atoms with Crippen LogP contribution in [0.15, 0.2) is 48.5 Å². The van der Waals surface area contributed by atoms with Crippen LogP contribution in [0.3, 0.4) is 0 Å². The molecule has 0 amide bonds. The summed E-state index contributed by atoms with van der Waals surface area (Å²) in [6.07, 6.45) is -0.782. The number of halogens is 1. The number of hydrogen-bond acceptors (Lipinski definition) is 5. The molecule has 0 saturated carbocycles. The molecule has 2 atom stereocenters. The van der Waals surface area contributed by atoms with Crippen molar-refractivity contribution < 1.29 is 23.8 Å². The van der Waals surface area contributed by atoms with E-state index in [9.17, 15) is 14.3 Å². The first-order chi connectivity index (χ1) is 12.5. The van der Waals surface area contributed by atoms with Gasteiger partial charge in [-0.1, -0.05) is 24.3 Å². The normalized spacial score (nSPS) is 13.1. The van der Waals surface area contributed by atoms with Gasteiger partial charge >= 0.3 is 5.97 Å². The van der Waals surface area contributed by atoms with Gasteiger partial charge in [0.05, 0.1) is 12.2 Å². The average molecular weight is 361 g/mol. The van der Waals surface area contributed by atoms with E-state index >= 15 is 0 Å². The van der Waals surface area contributed by atoms with Gasteiger partial charge in [0.1, 0.15) is 24.3 Å². The minimum Gasteiger partial charge on any atom is -0.491 e. The Morgan fingerprint density at radius 3 is 2.73 bits per heavy atom. The minimum atomic E-state index is -0.782. The van der Waals surface area contributed by atoms with Crippen LogP contribution in [0, 0.1) is 5.82 Å². The molecule has 0 heterocycles. The van der Waals surface area contributed by atoms with Crippen LogP contribution < -0.4 is 10.1 Å². The van der Waals surface area contributed by atoms with Crippen molar-refractivity contribution in [2.75, 3.05) is 19.8 Å². The predicted octanol–water partition coefficient (Wildman–Crippen LogP) is 3.09. The molecule has 2 aromatic carbocycles. The van der Waals surface area contributed by atoms with Gasteiger partial charge in [0.2, 0.25) is 0 Å². The topological polar surface area (TPSA) is 67.8 Å². The molecule has 0 bridgehead atoms. The fourth-order valence-electron chi connectivity index (χ4n) is 2.43. The SMILES string of the molecule is CCOC(=O)c1cccc(OC[C@@H](O)CN[C@H](C)c2ccccc2F)c1. The molecule has 6 heteroatoms. The molecule has 0 aromatic heterocycles. The molecule has 5 nitrogen and oxygen atoms in total. The first-order valence-electron chi connectivity index (χ1n) is 8.57. The van der Waals surface area contributed by atoms with Crippen molar-refractivity contribution >= 4 is 5.97 Å². The van der Waals surface area contributed by atoms with Crippen LogP contribution in [0.5, 0.6) is 5.75 Å². The van der Waals surface area contributed by atoms with Crippen LogP contribution >= 0.6 is 0 Å². The first-order valence-corrected chi connectivity index (χ1v) is 8.57. The fourth-order valence-corrected chi connectivity index (χ4v) is 2.43. The van der Waals surface area contributed by atoms with Crippen LogP contribution in [-0.2, 0) is 4.74 Å². The third kappa shape index (κ3) is 5.82. The lowest BCUT2D eigenvalue weighted by Crippen LogP contribution is -2.33. The quantitative estimate of drug-likeness (QED) is 0.672. The first kappa shape index (κ1) is 19.9. The third-order valence-electron chi connectivity index (χ3n) is 3.82. The zero-order valence-corrected chi connectivity index (χ0v) is 14.9. The van der Waals surface area contributed by atoms with E-state index in [0.717, 1.165) is 0 Å². The van der Waals surface area contributed by atoms with E-state index in [-0.39, 0.29) is 25.0 Å². The Balaban J connectivity index is 1.82. The van der Waals surface area contributed by atoms with Gasteiger partial charge in [-0.15, -0.1) is 0 Å². The van der Waals surface area contributed by atoms with E-state index in [4.69, 9.17) is 9.47 Å². The van der Waals surface area contributed by atoms with Gasteiger partial charge in [0, 0.05) is 18.2 Å². The van der Waals surface area contributed by atoms with E-state index < -0.39 is 12.1 Å². The Hall–Kier alpha value is -2.44. The second-order valence-corrected chi connectivity index (χ2v) is 5.86. The number of aliphatic hydroxyl groups excluding tert-OH is 1. The number of esters is 1. The number of benzene rings is 2. The molecule has 0 fully saturated rings. The molecule has 0 unspecified atom stereocenters. The third-order valence-corrected chi connectivity index (χ3v) is 3.82. The number of ether oxygens (including phenoxy) is 2. The summed E-state index contributed by atoms with van der Waals surface area (Å²) in [6.45, 7) is 4.16. The lowest BCUT2D eigenvalue weighted by molar-refractivity contribution is 0.0525. The molecule has 140 valence electrons. The van der Waals surface area contributed by atoms with Crippen molar-refractivity contribution in [3.8, 4) is 5.75 Å². The number of carbonyl (C=O) groups is 1. The summed E-state index contributed by atoms with van der Waals surface area (Å²) in [5.74, 6) is -0.232. The summed E-state index contributed by atoms with van der Waals surface area (Å²) < 4.78 is 24.2. The number of hydrogen-bond donors (Lipinski definition) is 2. The van der Waals surface area contributed by atoms with Crippen molar-refractivity contribution in [1.82, 2.24) is 5.32 Å². The van der Waals surface area contributed by atoms with Gasteiger partial charge in [0.15, 0.2) is 0 Å². The van der Waals surface area contributed by atoms with Gasteiger partial charge in [-0.2, -0.15) is 0 Å². The maximum Gasteiger partial charge on any atom is 0.338 e. The van der Waals surface area contributed by atoms with Crippen LogP contribution in [-0.4, -0.2) is 36.9 Å². The molecule has 0 radical (unpaired) electrons. The molecule has 2 N–H and O–H groups in total. The number of nitrogens with one attached hydrogen (secondary N) is 1. The Morgan fingerprint density at radius 2 is 2.00 bits per heavy atom. The molecule has 0 saturated heterocycles. The lowest BCUT2D eigenvalue weighted by atomic mass is 10.1. The highest BCUT2D eigenvalue weighted by atomic mass is 19.1. The van der Waals surface area contributed by atoms with E-state index in [0.29, 0.717) is 23.5 Å². The summed E-state index contributed by atoms with van der Waals surface area (Å²) in [7, 11) is 0. The van der Waals surface area contributed by atoms with Crippen LogP contribution in [0.1, 0.15) is 35.8 Å². The second kappa shape index (κ2) is 9.89. The number of carbonyl (C=O) groups excluding carboxylic acids is 1. The number of rotatable bonds is 9. The van der Waals surface area contributed by atoms with Crippen LogP contribution in [0.4, 0.5) is 4.39 Å². The lowest BCUT2D eigenvalue weighted by Gasteiger charge is -2.18. The average Bonchev–Trinajstić information content (AvgIpc) is 2.65.